The van der Waals surface area contributed by atoms with Gasteiger partial charge in [0.15, 0.2) is 5.76 Å². The molecule has 7 heteroatoms. The molecule has 1 amide bonds. The molecule has 4 heterocycles. The number of aromatic nitrogens is 2. The number of likely N-dealkylation sites (tertiary alicyclic amines) is 1. The molecule has 2 aliphatic heterocycles. The summed E-state index contributed by atoms with van der Waals surface area (Å²) in [7, 11) is 0. The van der Waals surface area contributed by atoms with Crippen molar-refractivity contribution in [1.82, 2.24) is 19.4 Å². The van der Waals surface area contributed by atoms with Gasteiger partial charge >= 0.3 is 0 Å². The van der Waals surface area contributed by atoms with E-state index in [0.29, 0.717) is 12.3 Å². The van der Waals surface area contributed by atoms with Crippen LogP contribution in [-0.4, -0.2) is 64.7 Å². The van der Waals surface area contributed by atoms with E-state index in [9.17, 15) is 4.79 Å². The first-order valence-corrected chi connectivity index (χ1v) is 8.94. The van der Waals surface area contributed by atoms with Crippen LogP contribution in [0.1, 0.15) is 35.0 Å². The van der Waals surface area contributed by atoms with Gasteiger partial charge in [0.25, 0.3) is 5.91 Å². The first kappa shape index (κ1) is 16.4. The number of hydrogen-bond acceptors (Lipinski definition) is 5. The third kappa shape index (κ3) is 3.62. The molecule has 0 saturated carbocycles. The Morgan fingerprint density at radius 3 is 2.96 bits per heavy atom. The molecule has 0 spiro atoms. The van der Waals surface area contributed by atoms with Gasteiger partial charge in [0.1, 0.15) is 0 Å². The number of piperidine rings is 1. The first-order chi connectivity index (χ1) is 12.3. The lowest BCUT2D eigenvalue weighted by Gasteiger charge is -2.33. The minimum Gasteiger partial charge on any atom is -0.459 e. The van der Waals surface area contributed by atoms with Gasteiger partial charge in [-0.3, -0.25) is 9.69 Å². The number of nitrogens with zero attached hydrogens (tertiary/aromatic N) is 4. The second kappa shape index (κ2) is 7.41. The third-order valence-electron chi connectivity index (χ3n) is 5.07. The van der Waals surface area contributed by atoms with Gasteiger partial charge in [0, 0.05) is 50.7 Å². The highest BCUT2D eigenvalue weighted by Gasteiger charge is 2.28. The van der Waals surface area contributed by atoms with Crippen molar-refractivity contribution >= 4 is 5.91 Å². The summed E-state index contributed by atoms with van der Waals surface area (Å²) < 4.78 is 13.1. The number of rotatable bonds is 4. The molecule has 0 aliphatic carbocycles. The lowest BCUT2D eigenvalue weighted by Crippen LogP contribution is -2.41. The van der Waals surface area contributed by atoms with Crippen molar-refractivity contribution in [3.8, 4) is 0 Å². The van der Waals surface area contributed by atoms with E-state index in [-0.39, 0.29) is 11.9 Å². The van der Waals surface area contributed by atoms with Crippen LogP contribution in [0.25, 0.3) is 0 Å². The molecule has 4 rings (SSSR count). The van der Waals surface area contributed by atoms with Crippen molar-refractivity contribution in [2.75, 3.05) is 39.4 Å². The van der Waals surface area contributed by atoms with Gasteiger partial charge in [-0.15, -0.1) is 0 Å². The molecule has 2 aromatic heterocycles. The Labute approximate surface area is 147 Å². The van der Waals surface area contributed by atoms with E-state index in [1.165, 1.54) is 0 Å². The molecule has 25 heavy (non-hydrogen) atoms. The predicted molar refractivity (Wildman–Crippen MR) is 91.2 cm³/mol. The van der Waals surface area contributed by atoms with Crippen LogP contribution in [0, 0.1) is 0 Å². The number of carbonyl (C=O) groups excluding carboxylic acids is 1. The van der Waals surface area contributed by atoms with Crippen molar-refractivity contribution in [2.24, 2.45) is 0 Å². The highest BCUT2D eigenvalue weighted by Crippen LogP contribution is 2.24. The highest BCUT2D eigenvalue weighted by molar-refractivity contribution is 5.93. The van der Waals surface area contributed by atoms with Crippen LogP contribution in [0.5, 0.6) is 0 Å². The Morgan fingerprint density at radius 2 is 2.16 bits per heavy atom. The summed E-state index contributed by atoms with van der Waals surface area (Å²) in [6.07, 6.45) is 9.27. The van der Waals surface area contributed by atoms with Crippen LogP contribution in [-0.2, 0) is 11.3 Å². The summed E-state index contributed by atoms with van der Waals surface area (Å²) in [5, 5.41) is 0. The molecule has 2 saturated heterocycles. The first-order valence-electron chi connectivity index (χ1n) is 8.94. The lowest BCUT2D eigenvalue weighted by molar-refractivity contribution is 0.0337. The largest absolute Gasteiger partial charge is 0.459 e. The van der Waals surface area contributed by atoms with Crippen LogP contribution in [0.4, 0.5) is 0 Å². The van der Waals surface area contributed by atoms with Crippen LogP contribution in [0.15, 0.2) is 35.5 Å². The van der Waals surface area contributed by atoms with E-state index in [1.54, 1.807) is 12.5 Å². The Morgan fingerprint density at radius 1 is 1.28 bits per heavy atom. The third-order valence-corrected chi connectivity index (χ3v) is 5.07. The fourth-order valence-electron chi connectivity index (χ4n) is 3.66. The van der Waals surface area contributed by atoms with E-state index in [0.717, 1.165) is 57.8 Å². The monoisotopic (exact) mass is 344 g/mol. The zero-order valence-corrected chi connectivity index (χ0v) is 14.3. The number of morpholine rings is 1. The molecule has 1 atom stereocenters. The quantitative estimate of drug-likeness (QED) is 0.846. The van der Waals surface area contributed by atoms with E-state index < -0.39 is 0 Å². The number of hydrogen-bond donors (Lipinski definition) is 0. The Bertz CT molecular complexity index is 691. The van der Waals surface area contributed by atoms with Gasteiger partial charge in [0.2, 0.25) is 0 Å². The van der Waals surface area contributed by atoms with Crippen molar-refractivity contribution in [3.63, 3.8) is 0 Å². The molecule has 7 nitrogen and oxygen atoms in total. The average molecular weight is 344 g/mol. The van der Waals surface area contributed by atoms with Crippen LogP contribution in [0.2, 0.25) is 0 Å². The molecule has 1 unspecified atom stereocenters. The van der Waals surface area contributed by atoms with Crippen molar-refractivity contribution in [1.29, 1.82) is 0 Å². The number of furan rings is 1. The van der Waals surface area contributed by atoms with E-state index in [1.807, 2.05) is 23.5 Å². The van der Waals surface area contributed by atoms with Crippen LogP contribution in [0.3, 0.4) is 0 Å². The van der Waals surface area contributed by atoms with Gasteiger partial charge in [-0.2, -0.15) is 0 Å². The minimum atomic E-state index is -0.00178. The summed E-state index contributed by atoms with van der Waals surface area (Å²) in [5.74, 6) is 0.482. The van der Waals surface area contributed by atoms with E-state index in [2.05, 4.69) is 14.5 Å². The van der Waals surface area contributed by atoms with E-state index in [4.69, 9.17) is 9.15 Å². The Balaban J connectivity index is 1.44. The van der Waals surface area contributed by atoms with Crippen LogP contribution >= 0.6 is 0 Å². The molecule has 0 aromatic carbocycles. The van der Waals surface area contributed by atoms with Crippen molar-refractivity contribution in [3.05, 3.63) is 42.4 Å². The molecule has 0 bridgehead atoms. The topological polar surface area (TPSA) is 63.7 Å². The van der Waals surface area contributed by atoms with Crippen molar-refractivity contribution in [2.45, 2.75) is 25.4 Å². The maximum absolute atomic E-state index is 13.0. The molecular weight excluding hydrogens is 320 g/mol. The molecule has 0 N–H and O–H groups in total. The molecule has 2 aliphatic rings. The maximum Gasteiger partial charge on any atom is 0.289 e. The fourth-order valence-corrected chi connectivity index (χ4v) is 3.66. The zero-order chi connectivity index (χ0) is 17.1. The molecule has 0 radical (unpaired) electrons. The van der Waals surface area contributed by atoms with Gasteiger partial charge in [-0.25, -0.2) is 4.98 Å². The Hall–Kier alpha value is -2.12. The summed E-state index contributed by atoms with van der Waals surface area (Å²) in [6.45, 7) is 5.50. The summed E-state index contributed by atoms with van der Waals surface area (Å²) >= 11 is 0. The second-order valence-corrected chi connectivity index (χ2v) is 6.72. The van der Waals surface area contributed by atoms with Gasteiger partial charge in [-0.1, -0.05) is 0 Å². The highest BCUT2D eigenvalue weighted by atomic mass is 16.5. The van der Waals surface area contributed by atoms with Crippen LogP contribution < -0.4 is 0 Å². The number of imidazole rings is 1. The van der Waals surface area contributed by atoms with Gasteiger partial charge < -0.3 is 18.6 Å². The van der Waals surface area contributed by atoms with Gasteiger partial charge in [0.05, 0.1) is 31.8 Å². The summed E-state index contributed by atoms with van der Waals surface area (Å²) in [4.78, 5) is 21.3. The summed E-state index contributed by atoms with van der Waals surface area (Å²) in [6, 6.07) is 2.21. The van der Waals surface area contributed by atoms with Gasteiger partial charge in [-0.05, 0) is 18.9 Å². The smallest absolute Gasteiger partial charge is 0.289 e. The normalized spacial score (nSPS) is 22.2. The molecule has 2 fully saturated rings. The number of amides is 1. The minimum absolute atomic E-state index is 0.00178. The van der Waals surface area contributed by atoms with Crippen molar-refractivity contribution < 1.29 is 13.9 Å². The SMILES string of the molecule is O=C(c1occc1CN1CCOCC1)N1CCCC(n2ccnc2)C1. The standard InChI is InChI=1S/C18H24N4O3/c23-18(21-5-1-2-16(13-21)22-6-4-19-14-22)17-15(3-9-25-17)12-20-7-10-24-11-8-20/h3-4,6,9,14,16H,1-2,5,7-8,10-13H2. The number of carbonyl (C=O) groups is 1. The summed E-state index contributed by atoms with van der Waals surface area (Å²) in [5.41, 5.74) is 0.969. The molecule has 2 aromatic rings. The zero-order valence-electron chi connectivity index (χ0n) is 14.3. The fraction of sp³-hybridized carbons (Fsp3) is 0.556. The number of ether oxygens (including phenoxy) is 1. The average Bonchev–Trinajstić information content (AvgIpc) is 3.34. The second-order valence-electron chi connectivity index (χ2n) is 6.72. The molecule has 134 valence electrons. The Kier molecular flexibility index (Phi) is 4.85. The predicted octanol–water partition coefficient (Wildman–Crippen LogP) is 1.79. The maximum atomic E-state index is 13.0. The van der Waals surface area contributed by atoms with E-state index >= 15 is 0 Å². The lowest BCUT2D eigenvalue weighted by atomic mass is 10.0. The molecular formula is C18H24N4O3.